The van der Waals surface area contributed by atoms with Crippen LogP contribution >= 0.6 is 0 Å². The van der Waals surface area contributed by atoms with Crippen molar-refractivity contribution >= 4 is 11.9 Å². The Morgan fingerprint density at radius 2 is 2.08 bits per heavy atom. The van der Waals surface area contributed by atoms with Gasteiger partial charge in [0.15, 0.2) is 0 Å². The zero-order chi connectivity index (χ0) is 18.2. The lowest BCUT2D eigenvalue weighted by Gasteiger charge is -2.21. The standard InChI is InChI=1S/C18H24FNO5/c1-12(25-11-15-4-3-9-24-15)18(22)20-16(10-17(21)23-2)13-5-7-14(19)8-6-13/h5-8,12,15-16H,3-4,9-11H2,1-2H3,(H,20,22). The number of amides is 1. The molecule has 0 aromatic heterocycles. The molecule has 3 atom stereocenters. The van der Waals surface area contributed by atoms with Gasteiger partial charge in [-0.3, -0.25) is 9.59 Å². The molecule has 1 N–H and O–H groups in total. The van der Waals surface area contributed by atoms with E-state index in [0.29, 0.717) is 12.2 Å². The van der Waals surface area contributed by atoms with E-state index in [-0.39, 0.29) is 24.2 Å². The summed E-state index contributed by atoms with van der Waals surface area (Å²) >= 11 is 0. The van der Waals surface area contributed by atoms with E-state index in [1.165, 1.54) is 31.4 Å². The van der Waals surface area contributed by atoms with Crippen LogP contribution in [0.2, 0.25) is 0 Å². The maximum Gasteiger partial charge on any atom is 0.307 e. The van der Waals surface area contributed by atoms with Crippen LogP contribution in [-0.4, -0.2) is 44.4 Å². The van der Waals surface area contributed by atoms with Crippen molar-refractivity contribution in [3.63, 3.8) is 0 Å². The molecule has 1 aliphatic heterocycles. The first kappa shape index (κ1) is 19.3. The zero-order valence-corrected chi connectivity index (χ0v) is 14.5. The first-order chi connectivity index (χ1) is 12.0. The van der Waals surface area contributed by atoms with Crippen LogP contribution in [-0.2, 0) is 23.8 Å². The minimum atomic E-state index is -0.690. The second kappa shape index (κ2) is 9.48. The Bertz CT molecular complexity index is 571. The molecular weight excluding hydrogens is 329 g/mol. The van der Waals surface area contributed by atoms with Gasteiger partial charge in [-0.1, -0.05) is 12.1 Å². The van der Waals surface area contributed by atoms with Gasteiger partial charge in [0.1, 0.15) is 11.9 Å². The summed E-state index contributed by atoms with van der Waals surface area (Å²) in [4.78, 5) is 24.0. The summed E-state index contributed by atoms with van der Waals surface area (Å²) in [5.41, 5.74) is 0.617. The molecule has 138 valence electrons. The maximum absolute atomic E-state index is 13.1. The fourth-order valence-electron chi connectivity index (χ4n) is 2.59. The fraction of sp³-hybridized carbons (Fsp3) is 0.556. The van der Waals surface area contributed by atoms with Gasteiger partial charge >= 0.3 is 5.97 Å². The molecule has 7 heteroatoms. The number of halogens is 1. The minimum absolute atomic E-state index is 0.0261. The van der Waals surface area contributed by atoms with Crippen molar-refractivity contribution in [2.75, 3.05) is 20.3 Å². The number of nitrogens with one attached hydrogen (secondary N) is 1. The Balaban J connectivity index is 1.95. The van der Waals surface area contributed by atoms with Gasteiger partial charge in [-0.2, -0.15) is 0 Å². The minimum Gasteiger partial charge on any atom is -0.469 e. The summed E-state index contributed by atoms with van der Waals surface area (Å²) in [6.07, 6.45) is 1.21. The molecule has 1 aromatic rings. The van der Waals surface area contributed by atoms with Gasteiger partial charge in [0.05, 0.1) is 32.3 Å². The average Bonchev–Trinajstić information content (AvgIpc) is 3.13. The van der Waals surface area contributed by atoms with Crippen LogP contribution in [0, 0.1) is 5.82 Å². The first-order valence-electron chi connectivity index (χ1n) is 8.35. The Morgan fingerprint density at radius 1 is 1.36 bits per heavy atom. The second-order valence-electron chi connectivity index (χ2n) is 6.00. The number of methoxy groups -OCH3 is 1. The van der Waals surface area contributed by atoms with Crippen molar-refractivity contribution < 1.29 is 28.2 Å². The highest BCUT2D eigenvalue weighted by Crippen LogP contribution is 2.19. The van der Waals surface area contributed by atoms with E-state index in [0.717, 1.165) is 19.4 Å². The summed E-state index contributed by atoms with van der Waals surface area (Å²) in [6, 6.07) is 5.00. The Kier molecular flexibility index (Phi) is 7.33. The molecule has 1 saturated heterocycles. The van der Waals surface area contributed by atoms with Gasteiger partial charge in [-0.15, -0.1) is 0 Å². The molecule has 1 aliphatic rings. The number of carbonyl (C=O) groups excluding carboxylic acids is 2. The van der Waals surface area contributed by atoms with Crippen molar-refractivity contribution in [1.29, 1.82) is 0 Å². The van der Waals surface area contributed by atoms with Gasteiger partial charge in [0, 0.05) is 6.61 Å². The molecule has 1 amide bonds. The molecule has 0 radical (unpaired) electrons. The van der Waals surface area contributed by atoms with Gasteiger partial charge in [0.2, 0.25) is 5.91 Å². The number of esters is 1. The second-order valence-corrected chi connectivity index (χ2v) is 6.00. The van der Waals surface area contributed by atoms with Crippen LogP contribution in [0.15, 0.2) is 24.3 Å². The Labute approximate surface area is 146 Å². The third-order valence-electron chi connectivity index (χ3n) is 4.11. The molecule has 0 saturated carbocycles. The lowest BCUT2D eigenvalue weighted by Crippen LogP contribution is -2.39. The number of carbonyl (C=O) groups is 2. The largest absolute Gasteiger partial charge is 0.469 e. The predicted octanol–water partition coefficient (Wildman–Crippen LogP) is 2.13. The summed E-state index contributed by atoms with van der Waals surface area (Å²) < 4.78 is 28.8. The van der Waals surface area contributed by atoms with E-state index in [1.54, 1.807) is 6.92 Å². The number of hydrogen-bond donors (Lipinski definition) is 1. The van der Waals surface area contributed by atoms with Gasteiger partial charge in [-0.05, 0) is 37.5 Å². The maximum atomic E-state index is 13.1. The van der Waals surface area contributed by atoms with Crippen LogP contribution in [0.5, 0.6) is 0 Å². The van der Waals surface area contributed by atoms with E-state index < -0.39 is 18.1 Å². The van der Waals surface area contributed by atoms with Crippen LogP contribution in [0.25, 0.3) is 0 Å². The summed E-state index contributed by atoms with van der Waals surface area (Å²) in [5.74, 6) is -1.21. The van der Waals surface area contributed by atoms with Gasteiger partial charge < -0.3 is 19.5 Å². The van der Waals surface area contributed by atoms with E-state index in [2.05, 4.69) is 10.1 Å². The number of hydrogen-bond acceptors (Lipinski definition) is 5. The lowest BCUT2D eigenvalue weighted by atomic mass is 10.0. The third kappa shape index (κ3) is 6.10. The predicted molar refractivity (Wildman–Crippen MR) is 88.3 cm³/mol. The Hall–Kier alpha value is -1.99. The van der Waals surface area contributed by atoms with Gasteiger partial charge in [-0.25, -0.2) is 4.39 Å². The normalized spacial score (nSPS) is 19.2. The van der Waals surface area contributed by atoms with Gasteiger partial charge in [0.25, 0.3) is 0 Å². The Morgan fingerprint density at radius 3 is 2.68 bits per heavy atom. The SMILES string of the molecule is COC(=O)CC(NC(=O)C(C)OCC1CCCO1)c1ccc(F)cc1. The number of benzene rings is 1. The molecule has 1 aromatic carbocycles. The van der Waals surface area contributed by atoms with Crippen molar-refractivity contribution in [2.45, 2.75) is 44.4 Å². The summed E-state index contributed by atoms with van der Waals surface area (Å²) in [5, 5.41) is 2.77. The highest BCUT2D eigenvalue weighted by Gasteiger charge is 2.24. The molecule has 1 fully saturated rings. The molecule has 2 rings (SSSR count). The van der Waals surface area contributed by atoms with Crippen LogP contribution in [0.4, 0.5) is 4.39 Å². The molecule has 3 unspecified atom stereocenters. The zero-order valence-electron chi connectivity index (χ0n) is 14.5. The molecule has 6 nitrogen and oxygen atoms in total. The average molecular weight is 353 g/mol. The third-order valence-corrected chi connectivity index (χ3v) is 4.11. The fourth-order valence-corrected chi connectivity index (χ4v) is 2.59. The van der Waals surface area contributed by atoms with Crippen LogP contribution in [0.1, 0.15) is 37.8 Å². The van der Waals surface area contributed by atoms with Crippen LogP contribution < -0.4 is 5.32 Å². The quantitative estimate of drug-likeness (QED) is 0.725. The van der Waals surface area contributed by atoms with E-state index in [9.17, 15) is 14.0 Å². The lowest BCUT2D eigenvalue weighted by molar-refractivity contribution is -0.142. The first-order valence-corrected chi connectivity index (χ1v) is 8.35. The van der Waals surface area contributed by atoms with E-state index in [1.807, 2.05) is 0 Å². The summed E-state index contributed by atoms with van der Waals surface area (Å²) in [7, 11) is 1.28. The summed E-state index contributed by atoms with van der Waals surface area (Å²) in [6.45, 7) is 2.72. The molecule has 0 bridgehead atoms. The molecule has 0 aliphatic carbocycles. The van der Waals surface area contributed by atoms with E-state index in [4.69, 9.17) is 9.47 Å². The molecular formula is C18H24FNO5. The monoisotopic (exact) mass is 353 g/mol. The van der Waals surface area contributed by atoms with Crippen molar-refractivity contribution in [3.8, 4) is 0 Å². The van der Waals surface area contributed by atoms with Crippen molar-refractivity contribution in [1.82, 2.24) is 5.32 Å². The highest BCUT2D eigenvalue weighted by molar-refractivity contribution is 5.81. The molecule has 0 spiro atoms. The molecule has 25 heavy (non-hydrogen) atoms. The number of ether oxygens (including phenoxy) is 3. The molecule has 1 heterocycles. The van der Waals surface area contributed by atoms with Crippen molar-refractivity contribution in [2.24, 2.45) is 0 Å². The van der Waals surface area contributed by atoms with Crippen LogP contribution in [0.3, 0.4) is 0 Å². The number of rotatable bonds is 8. The van der Waals surface area contributed by atoms with Crippen molar-refractivity contribution in [3.05, 3.63) is 35.6 Å². The topological polar surface area (TPSA) is 73.9 Å². The smallest absolute Gasteiger partial charge is 0.307 e. The highest BCUT2D eigenvalue weighted by atomic mass is 19.1. The van der Waals surface area contributed by atoms with E-state index >= 15 is 0 Å².